The SMILES string of the molecule is Cc1cc(-c2c(C#N)c(N)nc3c2C[C@H](N)CC3)c(C)n1-c1cccnc1. The lowest BCUT2D eigenvalue weighted by Gasteiger charge is -2.25. The van der Waals surface area contributed by atoms with Gasteiger partial charge in [-0.2, -0.15) is 5.26 Å². The Kier molecular flexibility index (Phi) is 4.17. The number of anilines is 1. The molecule has 3 aromatic rings. The number of nitriles is 1. The van der Waals surface area contributed by atoms with Gasteiger partial charge in [-0.05, 0) is 56.9 Å². The maximum Gasteiger partial charge on any atom is 0.142 e. The second kappa shape index (κ2) is 6.53. The number of pyridine rings is 2. The van der Waals surface area contributed by atoms with Gasteiger partial charge >= 0.3 is 0 Å². The fourth-order valence-electron chi connectivity index (χ4n) is 4.11. The number of nitrogens with two attached hydrogens (primary N) is 2. The summed E-state index contributed by atoms with van der Waals surface area (Å²) in [6, 6.07) is 8.40. The van der Waals surface area contributed by atoms with Crippen molar-refractivity contribution in [2.75, 3.05) is 5.73 Å². The molecule has 1 aliphatic rings. The van der Waals surface area contributed by atoms with E-state index in [0.717, 1.165) is 52.3 Å². The molecule has 0 amide bonds. The van der Waals surface area contributed by atoms with Crippen LogP contribution in [0.3, 0.4) is 0 Å². The van der Waals surface area contributed by atoms with Crippen LogP contribution in [0.4, 0.5) is 5.82 Å². The van der Waals surface area contributed by atoms with Crippen molar-refractivity contribution >= 4 is 5.82 Å². The zero-order valence-electron chi connectivity index (χ0n) is 15.5. The van der Waals surface area contributed by atoms with Gasteiger partial charge in [-0.1, -0.05) is 0 Å². The number of hydrogen-bond acceptors (Lipinski definition) is 5. The quantitative estimate of drug-likeness (QED) is 0.732. The summed E-state index contributed by atoms with van der Waals surface area (Å²) in [5.41, 5.74) is 19.9. The molecule has 4 N–H and O–H groups in total. The topological polar surface area (TPSA) is 107 Å². The third-order valence-corrected chi connectivity index (χ3v) is 5.35. The first-order chi connectivity index (χ1) is 13.0. The monoisotopic (exact) mass is 358 g/mol. The Hall–Kier alpha value is -3.17. The first-order valence-corrected chi connectivity index (χ1v) is 9.08. The summed E-state index contributed by atoms with van der Waals surface area (Å²) < 4.78 is 2.15. The predicted molar refractivity (Wildman–Crippen MR) is 105 cm³/mol. The molecular weight excluding hydrogens is 336 g/mol. The van der Waals surface area contributed by atoms with Crippen molar-refractivity contribution in [3.63, 3.8) is 0 Å². The van der Waals surface area contributed by atoms with E-state index in [9.17, 15) is 5.26 Å². The highest BCUT2D eigenvalue weighted by atomic mass is 15.0. The summed E-state index contributed by atoms with van der Waals surface area (Å²) in [5.74, 6) is 0.299. The number of nitrogen functional groups attached to an aromatic ring is 1. The second-order valence-electron chi connectivity index (χ2n) is 7.12. The minimum atomic E-state index is 0.0787. The van der Waals surface area contributed by atoms with Crippen LogP contribution in [0.25, 0.3) is 16.8 Å². The lowest BCUT2D eigenvalue weighted by atomic mass is 9.84. The molecule has 0 fully saturated rings. The Morgan fingerprint density at radius 3 is 2.85 bits per heavy atom. The second-order valence-corrected chi connectivity index (χ2v) is 7.12. The van der Waals surface area contributed by atoms with Crippen LogP contribution >= 0.6 is 0 Å². The first kappa shape index (κ1) is 17.3. The van der Waals surface area contributed by atoms with E-state index in [2.05, 4.69) is 40.5 Å². The van der Waals surface area contributed by atoms with Gasteiger partial charge < -0.3 is 16.0 Å². The summed E-state index contributed by atoms with van der Waals surface area (Å²) >= 11 is 0. The van der Waals surface area contributed by atoms with Gasteiger partial charge in [-0.15, -0.1) is 0 Å². The zero-order valence-corrected chi connectivity index (χ0v) is 15.5. The van der Waals surface area contributed by atoms with Crippen LogP contribution in [0.1, 0.15) is 34.6 Å². The van der Waals surface area contributed by atoms with Crippen LogP contribution in [0.15, 0.2) is 30.6 Å². The van der Waals surface area contributed by atoms with Crippen molar-refractivity contribution in [3.05, 3.63) is 58.8 Å². The predicted octanol–water partition coefficient (Wildman–Crippen LogP) is 2.82. The van der Waals surface area contributed by atoms with Crippen LogP contribution in [0.2, 0.25) is 0 Å². The third-order valence-electron chi connectivity index (χ3n) is 5.35. The summed E-state index contributed by atoms with van der Waals surface area (Å²) in [4.78, 5) is 8.74. The molecule has 3 aromatic heterocycles. The molecule has 136 valence electrons. The molecule has 0 radical (unpaired) electrons. The smallest absolute Gasteiger partial charge is 0.142 e. The molecule has 0 saturated heterocycles. The molecule has 0 spiro atoms. The van der Waals surface area contributed by atoms with Gasteiger partial charge in [-0.25, -0.2) is 4.98 Å². The van der Waals surface area contributed by atoms with E-state index in [1.54, 1.807) is 6.20 Å². The van der Waals surface area contributed by atoms with Crippen molar-refractivity contribution in [3.8, 4) is 22.9 Å². The molecule has 1 atom stereocenters. The van der Waals surface area contributed by atoms with Crippen LogP contribution in [0, 0.1) is 25.2 Å². The van der Waals surface area contributed by atoms with E-state index in [-0.39, 0.29) is 6.04 Å². The molecule has 6 heteroatoms. The summed E-state index contributed by atoms with van der Waals surface area (Å²) in [7, 11) is 0. The Balaban J connectivity index is 2.00. The Morgan fingerprint density at radius 2 is 2.15 bits per heavy atom. The van der Waals surface area contributed by atoms with Crippen molar-refractivity contribution in [2.45, 2.75) is 39.2 Å². The number of rotatable bonds is 2. The number of nitrogens with zero attached hydrogens (tertiary/aromatic N) is 4. The van der Waals surface area contributed by atoms with Gasteiger partial charge in [0.1, 0.15) is 17.5 Å². The van der Waals surface area contributed by atoms with Crippen LogP contribution < -0.4 is 11.5 Å². The Bertz CT molecular complexity index is 1060. The molecule has 0 aromatic carbocycles. The van der Waals surface area contributed by atoms with Gasteiger partial charge in [0.15, 0.2) is 0 Å². The van der Waals surface area contributed by atoms with E-state index in [4.69, 9.17) is 11.5 Å². The summed E-state index contributed by atoms with van der Waals surface area (Å²) in [6.45, 7) is 4.11. The normalized spacial score (nSPS) is 16.0. The molecule has 0 saturated carbocycles. The van der Waals surface area contributed by atoms with Crippen LogP contribution in [-0.4, -0.2) is 20.6 Å². The number of aromatic nitrogens is 3. The molecule has 27 heavy (non-hydrogen) atoms. The molecular formula is C21H22N6. The fraction of sp³-hybridized carbons (Fsp3) is 0.286. The highest BCUT2D eigenvalue weighted by Gasteiger charge is 2.27. The standard InChI is InChI=1S/C21H22N6/c1-12-8-16(13(2)27(12)15-4-3-7-25-11-15)20-17-9-14(23)5-6-19(17)26-21(24)18(20)10-22/h3-4,7-8,11,14H,5-6,9,23H2,1-2H3,(H2,24,26)/t14-/m1/s1. The zero-order chi connectivity index (χ0) is 19.1. The van der Waals surface area contributed by atoms with Crippen molar-refractivity contribution in [1.82, 2.24) is 14.5 Å². The van der Waals surface area contributed by atoms with Gasteiger partial charge in [0, 0.05) is 40.4 Å². The van der Waals surface area contributed by atoms with E-state index in [1.807, 2.05) is 18.3 Å². The minimum Gasteiger partial charge on any atom is -0.383 e. The highest BCUT2D eigenvalue weighted by molar-refractivity contribution is 5.81. The van der Waals surface area contributed by atoms with E-state index in [1.165, 1.54) is 0 Å². The average molecular weight is 358 g/mol. The van der Waals surface area contributed by atoms with Gasteiger partial charge in [0.25, 0.3) is 0 Å². The highest BCUT2D eigenvalue weighted by Crippen LogP contribution is 2.39. The van der Waals surface area contributed by atoms with Gasteiger partial charge in [0.2, 0.25) is 0 Å². The number of fused-ring (bicyclic) bond motifs is 1. The van der Waals surface area contributed by atoms with E-state index < -0.39 is 0 Å². The number of aryl methyl sites for hydroxylation is 2. The number of hydrogen-bond donors (Lipinski definition) is 2. The minimum absolute atomic E-state index is 0.0787. The lowest BCUT2D eigenvalue weighted by Crippen LogP contribution is -2.29. The molecule has 6 nitrogen and oxygen atoms in total. The third kappa shape index (κ3) is 2.77. The first-order valence-electron chi connectivity index (χ1n) is 9.08. The Labute approximate surface area is 158 Å². The van der Waals surface area contributed by atoms with Crippen LogP contribution in [-0.2, 0) is 12.8 Å². The largest absolute Gasteiger partial charge is 0.383 e. The van der Waals surface area contributed by atoms with Gasteiger partial charge in [0.05, 0.1) is 11.9 Å². The summed E-state index contributed by atoms with van der Waals surface area (Å²) in [5, 5.41) is 9.79. The van der Waals surface area contributed by atoms with Crippen molar-refractivity contribution in [1.29, 1.82) is 5.26 Å². The van der Waals surface area contributed by atoms with E-state index in [0.29, 0.717) is 17.8 Å². The lowest BCUT2D eigenvalue weighted by molar-refractivity contribution is 0.568. The molecule has 0 aliphatic heterocycles. The summed E-state index contributed by atoms with van der Waals surface area (Å²) in [6.07, 6.45) is 5.98. The Morgan fingerprint density at radius 1 is 1.33 bits per heavy atom. The molecule has 3 heterocycles. The molecule has 1 aliphatic carbocycles. The molecule has 4 rings (SSSR count). The average Bonchev–Trinajstić information content (AvgIpc) is 2.95. The van der Waals surface area contributed by atoms with Crippen molar-refractivity contribution < 1.29 is 0 Å². The van der Waals surface area contributed by atoms with Crippen LogP contribution in [0.5, 0.6) is 0 Å². The van der Waals surface area contributed by atoms with Gasteiger partial charge in [-0.3, -0.25) is 4.98 Å². The molecule has 0 bridgehead atoms. The maximum atomic E-state index is 9.79. The maximum absolute atomic E-state index is 9.79. The van der Waals surface area contributed by atoms with E-state index >= 15 is 0 Å². The molecule has 0 unspecified atom stereocenters. The van der Waals surface area contributed by atoms with Crippen molar-refractivity contribution in [2.24, 2.45) is 5.73 Å². The fourth-order valence-corrected chi connectivity index (χ4v) is 4.11.